The average molecular weight is 481 g/mol. The number of halogens is 1. The number of benzene rings is 2. The van der Waals surface area contributed by atoms with Crippen molar-refractivity contribution >= 4 is 35.6 Å². The summed E-state index contributed by atoms with van der Waals surface area (Å²) in [6.07, 6.45) is 1.82. The molecule has 144 valence electrons. The summed E-state index contributed by atoms with van der Waals surface area (Å²) in [4.78, 5) is 4.53. The Morgan fingerprint density at radius 3 is 2.67 bits per heavy atom. The first-order valence-corrected chi connectivity index (χ1v) is 8.98. The van der Waals surface area contributed by atoms with E-state index >= 15 is 0 Å². The Morgan fingerprint density at radius 1 is 1.00 bits per heavy atom. The van der Waals surface area contributed by atoms with Gasteiger partial charge in [0.05, 0.1) is 19.8 Å². The van der Waals surface area contributed by atoms with Crippen molar-refractivity contribution in [2.45, 2.75) is 18.8 Å². The first-order chi connectivity index (χ1) is 12.8. The van der Waals surface area contributed by atoms with E-state index in [9.17, 15) is 0 Å². The highest BCUT2D eigenvalue weighted by Crippen LogP contribution is 2.34. The zero-order valence-electron chi connectivity index (χ0n) is 15.0. The number of para-hydroxylation sites is 1. The SMILES string of the molecule is I.NC(=NCC1CCOc2ccccc21)Nc1ccc2c(c1)OCCCO2. The van der Waals surface area contributed by atoms with Crippen LogP contribution in [-0.4, -0.2) is 32.3 Å². The number of guanidine groups is 1. The third-order valence-corrected chi connectivity index (χ3v) is 4.58. The van der Waals surface area contributed by atoms with Crippen LogP contribution in [0.5, 0.6) is 17.2 Å². The van der Waals surface area contributed by atoms with Crippen molar-refractivity contribution < 1.29 is 14.2 Å². The Morgan fingerprint density at radius 2 is 1.78 bits per heavy atom. The molecule has 0 radical (unpaired) electrons. The van der Waals surface area contributed by atoms with Gasteiger partial charge in [-0.2, -0.15) is 0 Å². The number of hydrogen-bond acceptors (Lipinski definition) is 4. The molecule has 7 heteroatoms. The molecule has 27 heavy (non-hydrogen) atoms. The molecule has 0 bridgehead atoms. The topological polar surface area (TPSA) is 78.1 Å². The minimum atomic E-state index is 0. The summed E-state index contributed by atoms with van der Waals surface area (Å²) in [5.74, 6) is 3.17. The maximum absolute atomic E-state index is 6.09. The van der Waals surface area contributed by atoms with E-state index in [4.69, 9.17) is 19.9 Å². The number of ether oxygens (including phenoxy) is 3. The fraction of sp³-hybridized carbons (Fsp3) is 0.350. The molecule has 2 aromatic carbocycles. The summed E-state index contributed by atoms with van der Waals surface area (Å²) in [6.45, 7) is 2.68. The molecule has 0 fully saturated rings. The summed E-state index contributed by atoms with van der Waals surface area (Å²) in [5.41, 5.74) is 8.12. The van der Waals surface area contributed by atoms with Gasteiger partial charge in [-0.05, 0) is 30.2 Å². The van der Waals surface area contributed by atoms with Crippen LogP contribution < -0.4 is 25.3 Å². The predicted molar refractivity (Wildman–Crippen MR) is 117 cm³/mol. The molecular weight excluding hydrogens is 457 g/mol. The van der Waals surface area contributed by atoms with Crippen LogP contribution in [0.2, 0.25) is 0 Å². The second kappa shape index (κ2) is 9.16. The molecule has 1 atom stereocenters. The van der Waals surface area contributed by atoms with Crippen LogP contribution >= 0.6 is 24.0 Å². The minimum absolute atomic E-state index is 0. The fourth-order valence-electron chi connectivity index (χ4n) is 3.24. The summed E-state index contributed by atoms with van der Waals surface area (Å²) >= 11 is 0. The van der Waals surface area contributed by atoms with Crippen molar-refractivity contribution in [3.05, 3.63) is 48.0 Å². The van der Waals surface area contributed by atoms with Gasteiger partial charge in [0.25, 0.3) is 0 Å². The summed E-state index contributed by atoms with van der Waals surface area (Å²) < 4.78 is 17.0. The second-order valence-electron chi connectivity index (χ2n) is 6.43. The quantitative estimate of drug-likeness (QED) is 0.397. The van der Waals surface area contributed by atoms with E-state index in [1.807, 2.05) is 36.4 Å². The van der Waals surface area contributed by atoms with Crippen molar-refractivity contribution in [3.8, 4) is 17.2 Å². The van der Waals surface area contributed by atoms with Crippen molar-refractivity contribution in [2.24, 2.45) is 10.7 Å². The minimum Gasteiger partial charge on any atom is -0.493 e. The first-order valence-electron chi connectivity index (χ1n) is 8.98. The van der Waals surface area contributed by atoms with Crippen LogP contribution in [-0.2, 0) is 0 Å². The zero-order chi connectivity index (χ0) is 17.8. The van der Waals surface area contributed by atoms with E-state index in [-0.39, 0.29) is 24.0 Å². The Balaban J connectivity index is 0.00000210. The van der Waals surface area contributed by atoms with Gasteiger partial charge in [-0.15, -0.1) is 24.0 Å². The lowest BCUT2D eigenvalue weighted by molar-refractivity contribution is 0.269. The van der Waals surface area contributed by atoms with E-state index < -0.39 is 0 Å². The van der Waals surface area contributed by atoms with Gasteiger partial charge >= 0.3 is 0 Å². The predicted octanol–water partition coefficient (Wildman–Crippen LogP) is 3.76. The molecule has 2 aliphatic rings. The Hall–Kier alpha value is -2.16. The Kier molecular flexibility index (Phi) is 6.65. The molecule has 0 aliphatic carbocycles. The third-order valence-electron chi connectivity index (χ3n) is 4.58. The lowest BCUT2D eigenvalue weighted by atomic mass is 9.93. The molecule has 1 unspecified atom stereocenters. The lowest BCUT2D eigenvalue weighted by Gasteiger charge is -2.24. The van der Waals surface area contributed by atoms with Crippen LogP contribution in [0.4, 0.5) is 5.69 Å². The molecule has 0 amide bonds. The smallest absolute Gasteiger partial charge is 0.193 e. The normalized spacial score (nSPS) is 18.4. The summed E-state index contributed by atoms with van der Waals surface area (Å²) in [6, 6.07) is 13.8. The number of nitrogens with two attached hydrogens (primary N) is 1. The fourth-order valence-corrected chi connectivity index (χ4v) is 3.24. The van der Waals surface area contributed by atoms with Crippen molar-refractivity contribution in [1.82, 2.24) is 0 Å². The summed E-state index contributed by atoms with van der Waals surface area (Å²) in [5, 5.41) is 3.14. The van der Waals surface area contributed by atoms with Gasteiger partial charge in [0, 0.05) is 30.6 Å². The van der Waals surface area contributed by atoms with Gasteiger partial charge in [-0.1, -0.05) is 18.2 Å². The van der Waals surface area contributed by atoms with Gasteiger partial charge in [-0.3, -0.25) is 4.99 Å². The highest BCUT2D eigenvalue weighted by atomic mass is 127. The Bertz CT molecular complexity index is 813. The van der Waals surface area contributed by atoms with Gasteiger partial charge < -0.3 is 25.3 Å². The van der Waals surface area contributed by atoms with E-state index in [2.05, 4.69) is 16.4 Å². The molecule has 6 nitrogen and oxygen atoms in total. The van der Waals surface area contributed by atoms with Crippen LogP contribution in [0.1, 0.15) is 24.3 Å². The molecule has 0 saturated carbocycles. The standard InChI is InChI=1S/C20H23N3O3.HI/c21-20(22-13-14-8-11-26-17-5-2-1-4-16(14)17)23-15-6-7-18-19(12-15)25-10-3-9-24-18;/h1-2,4-7,12,14H,3,8-11,13H2,(H3,21,22,23);1H. The second-order valence-corrected chi connectivity index (χ2v) is 6.43. The molecule has 3 N–H and O–H groups in total. The molecule has 0 saturated heterocycles. The van der Waals surface area contributed by atoms with Gasteiger partial charge in [-0.25, -0.2) is 0 Å². The lowest BCUT2D eigenvalue weighted by Crippen LogP contribution is -2.24. The maximum atomic E-state index is 6.09. The Labute approximate surface area is 176 Å². The zero-order valence-corrected chi connectivity index (χ0v) is 17.3. The summed E-state index contributed by atoms with van der Waals surface area (Å²) in [7, 11) is 0. The van der Waals surface area contributed by atoms with E-state index in [1.165, 1.54) is 5.56 Å². The molecule has 0 spiro atoms. The maximum Gasteiger partial charge on any atom is 0.193 e. The molecule has 4 rings (SSSR count). The van der Waals surface area contributed by atoms with Crippen LogP contribution in [0.3, 0.4) is 0 Å². The molecular formula is C20H24IN3O3. The molecule has 2 aromatic rings. The highest BCUT2D eigenvalue weighted by molar-refractivity contribution is 14.0. The number of anilines is 1. The van der Waals surface area contributed by atoms with E-state index in [0.717, 1.165) is 35.8 Å². The number of hydrogen-bond donors (Lipinski definition) is 2. The van der Waals surface area contributed by atoms with Crippen molar-refractivity contribution in [3.63, 3.8) is 0 Å². The van der Waals surface area contributed by atoms with Crippen LogP contribution in [0.15, 0.2) is 47.5 Å². The number of aliphatic imine (C=N–C) groups is 1. The monoisotopic (exact) mass is 481 g/mol. The van der Waals surface area contributed by atoms with Gasteiger partial charge in [0.15, 0.2) is 17.5 Å². The molecule has 2 aliphatic heterocycles. The number of nitrogens with one attached hydrogen (secondary N) is 1. The first kappa shape index (κ1) is 19.6. The number of rotatable bonds is 3. The largest absolute Gasteiger partial charge is 0.493 e. The average Bonchev–Trinajstić information content (AvgIpc) is 2.91. The highest BCUT2D eigenvalue weighted by Gasteiger charge is 2.20. The molecule has 0 aromatic heterocycles. The van der Waals surface area contributed by atoms with Crippen LogP contribution in [0.25, 0.3) is 0 Å². The van der Waals surface area contributed by atoms with Crippen LogP contribution in [0, 0.1) is 0 Å². The number of fused-ring (bicyclic) bond motifs is 2. The van der Waals surface area contributed by atoms with Crippen molar-refractivity contribution in [2.75, 3.05) is 31.7 Å². The van der Waals surface area contributed by atoms with E-state index in [1.54, 1.807) is 0 Å². The van der Waals surface area contributed by atoms with Crippen molar-refractivity contribution in [1.29, 1.82) is 0 Å². The van der Waals surface area contributed by atoms with E-state index in [0.29, 0.717) is 38.2 Å². The molecule has 2 heterocycles. The van der Waals surface area contributed by atoms with Gasteiger partial charge in [0.2, 0.25) is 0 Å². The third kappa shape index (κ3) is 4.77. The number of nitrogens with zero attached hydrogens (tertiary/aromatic N) is 1. The van der Waals surface area contributed by atoms with Gasteiger partial charge in [0.1, 0.15) is 5.75 Å².